The molecule has 1 amide bonds. The van der Waals surface area contributed by atoms with Crippen molar-refractivity contribution in [2.45, 2.75) is 32.6 Å². The smallest absolute Gasteiger partial charge is 0.232 e. The number of carbonyl (C=O) groups excluding carboxylic acids is 1. The van der Waals surface area contributed by atoms with Crippen LogP contribution in [0, 0.1) is 6.92 Å². The zero-order valence-corrected chi connectivity index (χ0v) is 15.0. The number of aromatic nitrogens is 2. The topological polar surface area (TPSA) is 59.2 Å². The van der Waals surface area contributed by atoms with Crippen molar-refractivity contribution in [3.8, 4) is 11.4 Å². The first-order valence-corrected chi connectivity index (χ1v) is 8.94. The molecule has 1 aliphatic rings. The zero-order valence-electron chi connectivity index (χ0n) is 15.0. The maximum atomic E-state index is 12.5. The summed E-state index contributed by atoms with van der Waals surface area (Å²) in [5, 5.41) is 4.10. The van der Waals surface area contributed by atoms with Crippen LogP contribution in [0.15, 0.2) is 53.1 Å². The SMILES string of the molecule is CCc1ccc(N2C[C@@H](c3nc(-c4cccc(C)c4)no3)CC2=O)cc1. The van der Waals surface area contributed by atoms with Crippen LogP contribution in [0.5, 0.6) is 0 Å². The third-order valence-electron chi connectivity index (χ3n) is 4.85. The summed E-state index contributed by atoms with van der Waals surface area (Å²) in [5.74, 6) is 1.12. The molecule has 2 heterocycles. The Balaban J connectivity index is 1.53. The Hall–Kier alpha value is -2.95. The minimum Gasteiger partial charge on any atom is -0.339 e. The number of rotatable bonds is 4. The van der Waals surface area contributed by atoms with E-state index in [-0.39, 0.29) is 11.8 Å². The second kappa shape index (κ2) is 6.75. The minimum absolute atomic E-state index is 0.0700. The molecule has 0 spiro atoms. The van der Waals surface area contributed by atoms with Gasteiger partial charge in [-0.05, 0) is 37.1 Å². The third kappa shape index (κ3) is 3.12. The number of anilines is 1. The zero-order chi connectivity index (χ0) is 18.1. The second-order valence-corrected chi connectivity index (χ2v) is 6.75. The van der Waals surface area contributed by atoms with Gasteiger partial charge in [0, 0.05) is 24.2 Å². The summed E-state index contributed by atoms with van der Waals surface area (Å²) in [6.07, 6.45) is 1.38. The van der Waals surface area contributed by atoms with Crippen molar-refractivity contribution in [1.82, 2.24) is 10.1 Å². The van der Waals surface area contributed by atoms with Crippen LogP contribution in [-0.4, -0.2) is 22.6 Å². The normalized spacial score (nSPS) is 17.1. The van der Waals surface area contributed by atoms with E-state index in [1.165, 1.54) is 5.56 Å². The monoisotopic (exact) mass is 347 g/mol. The van der Waals surface area contributed by atoms with Crippen molar-refractivity contribution >= 4 is 11.6 Å². The maximum Gasteiger partial charge on any atom is 0.232 e. The molecule has 5 heteroatoms. The molecule has 0 saturated carbocycles. The van der Waals surface area contributed by atoms with E-state index in [0.29, 0.717) is 24.7 Å². The molecule has 5 nitrogen and oxygen atoms in total. The Morgan fingerprint density at radius 1 is 1.19 bits per heavy atom. The van der Waals surface area contributed by atoms with Crippen LogP contribution in [0.3, 0.4) is 0 Å². The van der Waals surface area contributed by atoms with Crippen LogP contribution < -0.4 is 4.90 Å². The van der Waals surface area contributed by atoms with Crippen molar-refractivity contribution in [2.75, 3.05) is 11.4 Å². The second-order valence-electron chi connectivity index (χ2n) is 6.75. The van der Waals surface area contributed by atoms with Gasteiger partial charge in [-0.25, -0.2) is 0 Å². The predicted octanol–water partition coefficient (Wildman–Crippen LogP) is 4.13. The molecule has 0 unspecified atom stereocenters. The summed E-state index contributed by atoms with van der Waals surface area (Å²) in [4.78, 5) is 18.8. The molecule has 4 rings (SSSR count). The van der Waals surface area contributed by atoms with Crippen LogP contribution in [0.2, 0.25) is 0 Å². The van der Waals surface area contributed by atoms with E-state index < -0.39 is 0 Å². The van der Waals surface area contributed by atoms with Crippen LogP contribution in [0.4, 0.5) is 5.69 Å². The fraction of sp³-hybridized carbons (Fsp3) is 0.286. The fourth-order valence-electron chi connectivity index (χ4n) is 3.34. The van der Waals surface area contributed by atoms with Gasteiger partial charge in [0.15, 0.2) is 0 Å². The van der Waals surface area contributed by atoms with Gasteiger partial charge in [-0.15, -0.1) is 0 Å². The molecule has 2 aromatic carbocycles. The van der Waals surface area contributed by atoms with Crippen LogP contribution >= 0.6 is 0 Å². The van der Waals surface area contributed by atoms with Gasteiger partial charge in [0.05, 0.1) is 5.92 Å². The molecule has 1 atom stereocenters. The van der Waals surface area contributed by atoms with Crippen molar-refractivity contribution < 1.29 is 9.32 Å². The highest BCUT2D eigenvalue weighted by atomic mass is 16.5. The average molecular weight is 347 g/mol. The molecule has 1 aliphatic heterocycles. The lowest BCUT2D eigenvalue weighted by Crippen LogP contribution is -2.24. The van der Waals surface area contributed by atoms with Gasteiger partial charge in [-0.1, -0.05) is 48.0 Å². The lowest BCUT2D eigenvalue weighted by molar-refractivity contribution is -0.117. The number of amides is 1. The summed E-state index contributed by atoms with van der Waals surface area (Å²) < 4.78 is 5.47. The predicted molar refractivity (Wildman–Crippen MR) is 100 cm³/mol. The largest absolute Gasteiger partial charge is 0.339 e. The molecule has 1 aromatic heterocycles. The third-order valence-corrected chi connectivity index (χ3v) is 4.85. The number of aryl methyl sites for hydroxylation is 2. The summed E-state index contributed by atoms with van der Waals surface area (Å²) >= 11 is 0. The van der Waals surface area contributed by atoms with Crippen molar-refractivity contribution in [2.24, 2.45) is 0 Å². The summed E-state index contributed by atoms with van der Waals surface area (Å²) in [6, 6.07) is 16.1. The van der Waals surface area contributed by atoms with Crippen LogP contribution in [-0.2, 0) is 11.2 Å². The molecule has 26 heavy (non-hydrogen) atoms. The molecule has 1 saturated heterocycles. The first-order valence-electron chi connectivity index (χ1n) is 8.94. The van der Waals surface area contributed by atoms with Gasteiger partial charge < -0.3 is 9.42 Å². The Kier molecular flexibility index (Phi) is 4.29. The molecular formula is C21H21N3O2. The number of nitrogens with zero attached hydrogens (tertiary/aromatic N) is 3. The van der Waals surface area contributed by atoms with E-state index in [1.54, 1.807) is 4.90 Å². The van der Waals surface area contributed by atoms with E-state index in [0.717, 1.165) is 23.2 Å². The van der Waals surface area contributed by atoms with Crippen molar-refractivity contribution in [3.63, 3.8) is 0 Å². The molecule has 1 fully saturated rings. The first-order chi connectivity index (χ1) is 12.6. The first kappa shape index (κ1) is 16.5. The molecule has 0 radical (unpaired) electrons. The highest BCUT2D eigenvalue weighted by Gasteiger charge is 2.35. The summed E-state index contributed by atoms with van der Waals surface area (Å²) in [5.41, 5.74) is 4.26. The van der Waals surface area contributed by atoms with Crippen LogP contribution in [0.25, 0.3) is 11.4 Å². The summed E-state index contributed by atoms with van der Waals surface area (Å²) in [7, 11) is 0. The number of benzene rings is 2. The Labute approximate surface area is 152 Å². The van der Waals surface area contributed by atoms with E-state index in [1.807, 2.05) is 43.3 Å². The lowest BCUT2D eigenvalue weighted by Gasteiger charge is -2.16. The van der Waals surface area contributed by atoms with Gasteiger partial charge in [-0.2, -0.15) is 4.98 Å². The Morgan fingerprint density at radius 2 is 2.00 bits per heavy atom. The van der Waals surface area contributed by atoms with Crippen LogP contribution in [0.1, 0.15) is 36.3 Å². The molecule has 3 aromatic rings. The van der Waals surface area contributed by atoms with Gasteiger partial charge in [0.2, 0.25) is 17.6 Å². The highest BCUT2D eigenvalue weighted by molar-refractivity contribution is 5.96. The van der Waals surface area contributed by atoms with E-state index in [4.69, 9.17) is 4.52 Å². The fourth-order valence-corrected chi connectivity index (χ4v) is 3.34. The molecule has 0 bridgehead atoms. The number of carbonyl (C=O) groups is 1. The van der Waals surface area contributed by atoms with Gasteiger partial charge in [-0.3, -0.25) is 4.79 Å². The van der Waals surface area contributed by atoms with E-state index >= 15 is 0 Å². The minimum atomic E-state index is -0.0700. The number of hydrogen-bond acceptors (Lipinski definition) is 4. The quantitative estimate of drug-likeness (QED) is 0.712. The van der Waals surface area contributed by atoms with Crippen molar-refractivity contribution in [1.29, 1.82) is 0 Å². The number of hydrogen-bond donors (Lipinski definition) is 0. The molecule has 0 aliphatic carbocycles. The van der Waals surface area contributed by atoms with Gasteiger partial charge in [0.25, 0.3) is 0 Å². The van der Waals surface area contributed by atoms with Gasteiger partial charge in [0.1, 0.15) is 0 Å². The molecular weight excluding hydrogens is 326 g/mol. The standard InChI is InChI=1S/C21H21N3O2/c1-3-15-7-9-18(10-8-15)24-13-17(12-19(24)25)21-22-20(23-26-21)16-6-4-5-14(2)11-16/h4-11,17H,3,12-13H2,1-2H3/t17-/m0/s1. The van der Waals surface area contributed by atoms with Crippen molar-refractivity contribution in [3.05, 3.63) is 65.5 Å². The Bertz CT molecular complexity index is 930. The van der Waals surface area contributed by atoms with Gasteiger partial charge >= 0.3 is 0 Å². The van der Waals surface area contributed by atoms with E-state index in [2.05, 4.69) is 29.2 Å². The Morgan fingerprint density at radius 3 is 2.73 bits per heavy atom. The highest BCUT2D eigenvalue weighted by Crippen LogP contribution is 2.32. The van der Waals surface area contributed by atoms with E-state index in [9.17, 15) is 4.79 Å². The molecule has 132 valence electrons. The maximum absolute atomic E-state index is 12.5. The molecule has 0 N–H and O–H groups in total. The average Bonchev–Trinajstić information content (AvgIpc) is 3.29. The lowest BCUT2D eigenvalue weighted by atomic mass is 10.1. The summed E-state index contributed by atoms with van der Waals surface area (Å²) in [6.45, 7) is 4.72.